The average molecular weight is 257 g/mol. The summed E-state index contributed by atoms with van der Waals surface area (Å²) in [6.45, 7) is 3.29. The highest BCUT2D eigenvalue weighted by molar-refractivity contribution is 9.08. The quantitative estimate of drug-likeness (QED) is 0.614. The highest BCUT2D eigenvalue weighted by Crippen LogP contribution is 2.18. The Morgan fingerprint density at radius 3 is 2.43 bits per heavy atom. The monoisotopic (exact) mass is 256 g/mol. The Morgan fingerprint density at radius 2 is 2.00 bits per heavy atom. The third-order valence-corrected chi connectivity index (χ3v) is 2.59. The van der Waals surface area contributed by atoms with Crippen molar-refractivity contribution in [1.29, 1.82) is 0 Å². The van der Waals surface area contributed by atoms with Crippen LogP contribution in [-0.2, 0) is 14.9 Å². The molecule has 0 aliphatic carbocycles. The number of esters is 1. The molecule has 1 aromatic rings. The van der Waals surface area contributed by atoms with Gasteiger partial charge in [-0.2, -0.15) is 0 Å². The van der Waals surface area contributed by atoms with E-state index in [2.05, 4.69) is 15.9 Å². The summed E-state index contributed by atoms with van der Waals surface area (Å²) in [5.74, 6) is -0.248. The molecule has 3 heteroatoms. The van der Waals surface area contributed by atoms with Crippen molar-refractivity contribution in [2.24, 2.45) is 0 Å². The van der Waals surface area contributed by atoms with Gasteiger partial charge in [0.15, 0.2) is 0 Å². The zero-order chi connectivity index (χ0) is 10.6. The van der Waals surface area contributed by atoms with Gasteiger partial charge in [0.05, 0.1) is 0 Å². The van der Waals surface area contributed by atoms with Crippen LogP contribution in [0.5, 0.6) is 0 Å². The summed E-state index contributed by atoms with van der Waals surface area (Å²) in [5.41, 5.74) is 2.23. The van der Waals surface area contributed by atoms with Gasteiger partial charge in [-0.3, -0.25) is 4.79 Å². The van der Waals surface area contributed by atoms with Gasteiger partial charge in [-0.15, -0.1) is 0 Å². The van der Waals surface area contributed by atoms with Crippen molar-refractivity contribution in [3.05, 3.63) is 35.4 Å². The molecule has 0 amide bonds. The highest BCUT2D eigenvalue weighted by Gasteiger charge is 2.07. The number of rotatable bonds is 3. The summed E-state index contributed by atoms with van der Waals surface area (Å²) in [4.78, 5) is 10.7. The number of hydrogen-bond acceptors (Lipinski definition) is 2. The molecule has 0 aromatic heterocycles. The number of halogens is 1. The molecule has 0 bridgehead atoms. The van der Waals surface area contributed by atoms with Crippen LogP contribution in [0.1, 0.15) is 31.1 Å². The fourth-order valence-electron chi connectivity index (χ4n) is 1.19. The Kier molecular flexibility index (Phi) is 4.14. The lowest BCUT2D eigenvalue weighted by Crippen LogP contribution is -2.04. The van der Waals surface area contributed by atoms with Gasteiger partial charge in [0.2, 0.25) is 0 Å². The fraction of sp³-hybridized carbons (Fsp3) is 0.364. The van der Waals surface area contributed by atoms with Gasteiger partial charge < -0.3 is 4.74 Å². The van der Waals surface area contributed by atoms with Gasteiger partial charge in [0, 0.05) is 12.3 Å². The van der Waals surface area contributed by atoms with Crippen LogP contribution in [0.2, 0.25) is 0 Å². The van der Waals surface area contributed by atoms with Gasteiger partial charge >= 0.3 is 5.97 Å². The van der Waals surface area contributed by atoms with E-state index in [4.69, 9.17) is 4.74 Å². The van der Waals surface area contributed by atoms with E-state index in [-0.39, 0.29) is 12.1 Å². The van der Waals surface area contributed by atoms with Crippen molar-refractivity contribution in [1.82, 2.24) is 0 Å². The summed E-state index contributed by atoms with van der Waals surface area (Å²) in [6.07, 6.45) is -0.170. The van der Waals surface area contributed by atoms with E-state index in [1.165, 1.54) is 12.5 Å². The first-order chi connectivity index (χ1) is 6.63. The van der Waals surface area contributed by atoms with Gasteiger partial charge in [-0.25, -0.2) is 0 Å². The van der Waals surface area contributed by atoms with E-state index < -0.39 is 0 Å². The molecule has 0 aliphatic heterocycles. The fourth-order valence-corrected chi connectivity index (χ4v) is 1.57. The largest absolute Gasteiger partial charge is 0.458 e. The Balaban J connectivity index is 2.71. The Hall–Kier alpha value is -0.830. The average Bonchev–Trinajstić information content (AvgIpc) is 2.17. The van der Waals surface area contributed by atoms with Crippen molar-refractivity contribution in [3.63, 3.8) is 0 Å². The van der Waals surface area contributed by atoms with Crippen molar-refractivity contribution >= 4 is 21.9 Å². The third kappa shape index (κ3) is 3.14. The van der Waals surface area contributed by atoms with Gasteiger partial charge in [0.25, 0.3) is 0 Å². The summed E-state index contributed by atoms with van der Waals surface area (Å²) < 4.78 is 5.06. The van der Waals surface area contributed by atoms with E-state index in [0.29, 0.717) is 0 Å². The van der Waals surface area contributed by atoms with Crippen molar-refractivity contribution < 1.29 is 9.53 Å². The molecule has 0 aliphatic rings. The Labute approximate surface area is 92.4 Å². The van der Waals surface area contributed by atoms with Crippen LogP contribution < -0.4 is 0 Å². The third-order valence-electron chi connectivity index (χ3n) is 1.95. The minimum atomic E-state index is -0.248. The molecule has 0 fully saturated rings. The summed E-state index contributed by atoms with van der Waals surface area (Å²) in [7, 11) is 0. The Morgan fingerprint density at radius 1 is 1.43 bits per heavy atom. The predicted octanol–water partition coefficient (Wildman–Crippen LogP) is 3.21. The van der Waals surface area contributed by atoms with Crippen LogP contribution in [0.25, 0.3) is 0 Å². The van der Waals surface area contributed by atoms with Crippen molar-refractivity contribution in [2.75, 3.05) is 0 Å². The topological polar surface area (TPSA) is 26.3 Å². The smallest absolute Gasteiger partial charge is 0.303 e. The van der Waals surface area contributed by atoms with Gasteiger partial charge in [0.1, 0.15) is 6.10 Å². The maximum absolute atomic E-state index is 10.7. The number of carbonyl (C=O) groups excluding carboxylic acids is 1. The number of benzene rings is 1. The molecule has 0 heterocycles. The summed E-state index contributed by atoms with van der Waals surface area (Å²) in [6, 6.07) is 7.99. The molecule has 76 valence electrons. The lowest BCUT2D eigenvalue weighted by Gasteiger charge is -2.12. The lowest BCUT2D eigenvalue weighted by molar-refractivity contribution is -0.145. The van der Waals surface area contributed by atoms with Crippen LogP contribution >= 0.6 is 15.9 Å². The van der Waals surface area contributed by atoms with Crippen LogP contribution in [0, 0.1) is 0 Å². The normalized spacial score (nSPS) is 12.2. The van der Waals surface area contributed by atoms with Gasteiger partial charge in [-0.1, -0.05) is 40.2 Å². The van der Waals surface area contributed by atoms with Crippen LogP contribution in [0.15, 0.2) is 24.3 Å². The maximum atomic E-state index is 10.7. The van der Waals surface area contributed by atoms with E-state index >= 15 is 0 Å². The molecule has 1 rings (SSSR count). The number of alkyl halides is 1. The molecule has 1 atom stereocenters. The van der Waals surface area contributed by atoms with E-state index in [0.717, 1.165) is 10.9 Å². The summed E-state index contributed by atoms with van der Waals surface area (Å²) in [5, 5.41) is 0.842. The molecule has 0 radical (unpaired) electrons. The second-order valence-corrected chi connectivity index (χ2v) is 3.69. The minimum absolute atomic E-state index is 0.170. The van der Waals surface area contributed by atoms with Crippen molar-refractivity contribution in [2.45, 2.75) is 25.3 Å². The molecule has 0 saturated heterocycles. The predicted molar refractivity (Wildman–Crippen MR) is 59.3 cm³/mol. The highest BCUT2D eigenvalue weighted by atomic mass is 79.9. The zero-order valence-electron chi connectivity index (χ0n) is 8.29. The molecule has 14 heavy (non-hydrogen) atoms. The second kappa shape index (κ2) is 5.15. The molecule has 0 unspecified atom stereocenters. The standard InChI is InChI=1S/C11H13BrO2/c1-8(14-9(2)13)11-5-3-10(7-12)4-6-11/h3-6,8H,7H2,1-2H3/t8-/m1/s1. The SMILES string of the molecule is CC(=O)O[C@H](C)c1ccc(CBr)cc1. The summed E-state index contributed by atoms with van der Waals surface area (Å²) >= 11 is 3.37. The molecule has 0 N–H and O–H groups in total. The molecule has 0 spiro atoms. The number of carbonyl (C=O) groups is 1. The van der Waals surface area contributed by atoms with E-state index in [9.17, 15) is 4.79 Å². The first-order valence-corrected chi connectivity index (χ1v) is 5.57. The first kappa shape index (κ1) is 11.2. The van der Waals surface area contributed by atoms with Crippen molar-refractivity contribution in [3.8, 4) is 0 Å². The molecule has 2 nitrogen and oxygen atoms in total. The van der Waals surface area contributed by atoms with E-state index in [1.807, 2.05) is 31.2 Å². The van der Waals surface area contributed by atoms with Crippen LogP contribution in [-0.4, -0.2) is 5.97 Å². The van der Waals surface area contributed by atoms with Crippen LogP contribution in [0.3, 0.4) is 0 Å². The minimum Gasteiger partial charge on any atom is -0.458 e. The van der Waals surface area contributed by atoms with E-state index in [1.54, 1.807) is 0 Å². The lowest BCUT2D eigenvalue weighted by atomic mass is 10.1. The maximum Gasteiger partial charge on any atom is 0.303 e. The zero-order valence-corrected chi connectivity index (χ0v) is 9.87. The van der Waals surface area contributed by atoms with Crippen LogP contribution in [0.4, 0.5) is 0 Å². The molecule has 0 saturated carbocycles. The molecular formula is C11H13BrO2. The number of hydrogen-bond donors (Lipinski definition) is 0. The van der Waals surface area contributed by atoms with Gasteiger partial charge in [-0.05, 0) is 18.1 Å². The molecule has 1 aromatic carbocycles. The molecular weight excluding hydrogens is 244 g/mol. The first-order valence-electron chi connectivity index (χ1n) is 4.45. The Bertz CT molecular complexity index is 306. The number of ether oxygens (including phenoxy) is 1. The second-order valence-electron chi connectivity index (χ2n) is 3.13.